The first kappa shape index (κ1) is 14.2. The first-order valence-electron chi connectivity index (χ1n) is 6.51. The van der Waals surface area contributed by atoms with Gasteiger partial charge in [0.1, 0.15) is 5.75 Å². The SMILES string of the molecule is CC(Oc1ccc(C(F)(F)F)cc1)C1CCNCC1. The van der Waals surface area contributed by atoms with Gasteiger partial charge in [-0.1, -0.05) is 0 Å². The molecule has 1 heterocycles. The van der Waals surface area contributed by atoms with Gasteiger partial charge in [0, 0.05) is 0 Å². The second-order valence-electron chi connectivity index (χ2n) is 4.93. The zero-order valence-corrected chi connectivity index (χ0v) is 10.8. The van der Waals surface area contributed by atoms with Crippen LogP contribution in [0, 0.1) is 5.92 Å². The van der Waals surface area contributed by atoms with Crippen molar-refractivity contribution >= 4 is 0 Å². The lowest BCUT2D eigenvalue weighted by Crippen LogP contribution is -2.35. The van der Waals surface area contributed by atoms with Gasteiger partial charge in [-0.2, -0.15) is 13.2 Å². The Morgan fingerprint density at radius 1 is 1.16 bits per heavy atom. The van der Waals surface area contributed by atoms with E-state index in [0.29, 0.717) is 11.7 Å². The predicted molar refractivity (Wildman–Crippen MR) is 67.1 cm³/mol. The van der Waals surface area contributed by atoms with Gasteiger partial charge in [0.05, 0.1) is 11.7 Å². The lowest BCUT2D eigenvalue weighted by molar-refractivity contribution is -0.137. The number of hydrogen-bond donors (Lipinski definition) is 1. The van der Waals surface area contributed by atoms with E-state index in [1.807, 2.05) is 6.92 Å². The Bertz CT molecular complexity index is 396. The monoisotopic (exact) mass is 273 g/mol. The molecule has 0 saturated carbocycles. The number of alkyl halides is 3. The molecule has 1 atom stereocenters. The highest BCUT2D eigenvalue weighted by atomic mass is 19.4. The summed E-state index contributed by atoms with van der Waals surface area (Å²) in [5.41, 5.74) is -0.644. The molecular formula is C14H18F3NO. The summed E-state index contributed by atoms with van der Waals surface area (Å²) < 4.78 is 43.0. The second-order valence-corrected chi connectivity index (χ2v) is 4.93. The van der Waals surface area contributed by atoms with E-state index in [0.717, 1.165) is 38.1 Å². The molecule has 0 aromatic heterocycles. The molecule has 1 aromatic carbocycles. The van der Waals surface area contributed by atoms with Crippen molar-refractivity contribution in [2.45, 2.75) is 32.0 Å². The van der Waals surface area contributed by atoms with Crippen molar-refractivity contribution in [3.05, 3.63) is 29.8 Å². The molecule has 1 fully saturated rings. The number of ether oxygens (including phenoxy) is 1. The Hall–Kier alpha value is -1.23. The zero-order valence-electron chi connectivity index (χ0n) is 10.8. The summed E-state index contributed by atoms with van der Waals surface area (Å²) in [5, 5.41) is 3.28. The molecule has 5 heteroatoms. The molecule has 1 N–H and O–H groups in total. The topological polar surface area (TPSA) is 21.3 Å². The average molecular weight is 273 g/mol. The van der Waals surface area contributed by atoms with E-state index in [1.54, 1.807) is 0 Å². The van der Waals surface area contributed by atoms with Crippen molar-refractivity contribution in [3.8, 4) is 5.75 Å². The minimum Gasteiger partial charge on any atom is -0.490 e. The first-order chi connectivity index (χ1) is 8.97. The van der Waals surface area contributed by atoms with Gasteiger partial charge < -0.3 is 10.1 Å². The van der Waals surface area contributed by atoms with Gasteiger partial charge in [-0.3, -0.25) is 0 Å². The molecule has 106 valence electrons. The third-order valence-corrected chi connectivity index (χ3v) is 3.55. The van der Waals surface area contributed by atoms with Crippen LogP contribution in [0.3, 0.4) is 0 Å². The molecule has 0 aliphatic carbocycles. The summed E-state index contributed by atoms with van der Waals surface area (Å²) in [4.78, 5) is 0. The van der Waals surface area contributed by atoms with E-state index in [4.69, 9.17) is 4.74 Å². The van der Waals surface area contributed by atoms with Crippen molar-refractivity contribution < 1.29 is 17.9 Å². The van der Waals surface area contributed by atoms with Crippen molar-refractivity contribution in [3.63, 3.8) is 0 Å². The Labute approximate surface area is 111 Å². The second kappa shape index (κ2) is 5.82. The van der Waals surface area contributed by atoms with Crippen molar-refractivity contribution in [1.29, 1.82) is 0 Å². The normalized spacial score (nSPS) is 19.2. The van der Waals surface area contributed by atoms with Gasteiger partial charge in [0.15, 0.2) is 0 Å². The predicted octanol–water partition coefficient (Wildman–Crippen LogP) is 3.47. The van der Waals surface area contributed by atoms with E-state index in [-0.39, 0.29) is 6.10 Å². The summed E-state index contributed by atoms with van der Waals surface area (Å²) in [6.45, 7) is 3.93. The molecule has 0 amide bonds. The average Bonchev–Trinajstić information content (AvgIpc) is 2.39. The van der Waals surface area contributed by atoms with Crippen LogP contribution in [0.2, 0.25) is 0 Å². The third-order valence-electron chi connectivity index (χ3n) is 3.55. The maximum Gasteiger partial charge on any atom is 0.416 e. The molecule has 1 aromatic rings. The number of nitrogens with one attached hydrogen (secondary N) is 1. The van der Waals surface area contributed by atoms with Gasteiger partial charge in [0.25, 0.3) is 0 Å². The van der Waals surface area contributed by atoms with Crippen LogP contribution >= 0.6 is 0 Å². The molecular weight excluding hydrogens is 255 g/mol. The highest BCUT2D eigenvalue weighted by molar-refractivity contribution is 5.29. The van der Waals surface area contributed by atoms with Crippen molar-refractivity contribution in [2.75, 3.05) is 13.1 Å². The maximum atomic E-state index is 12.4. The van der Waals surface area contributed by atoms with E-state index in [9.17, 15) is 13.2 Å². The fourth-order valence-corrected chi connectivity index (χ4v) is 2.35. The number of piperidine rings is 1. The van der Waals surface area contributed by atoms with Crippen LogP contribution in [0.25, 0.3) is 0 Å². The first-order valence-corrected chi connectivity index (χ1v) is 6.51. The lowest BCUT2D eigenvalue weighted by atomic mass is 9.93. The van der Waals surface area contributed by atoms with Crippen LogP contribution in [-0.2, 0) is 6.18 Å². The fraction of sp³-hybridized carbons (Fsp3) is 0.571. The van der Waals surface area contributed by atoms with E-state index in [1.165, 1.54) is 12.1 Å². The largest absolute Gasteiger partial charge is 0.490 e. The Morgan fingerprint density at radius 2 is 1.74 bits per heavy atom. The Kier molecular flexibility index (Phi) is 4.34. The zero-order chi connectivity index (χ0) is 13.9. The molecule has 1 aliphatic rings. The van der Waals surface area contributed by atoms with Gasteiger partial charge in [-0.25, -0.2) is 0 Å². The number of benzene rings is 1. The van der Waals surface area contributed by atoms with E-state index in [2.05, 4.69) is 5.32 Å². The fourth-order valence-electron chi connectivity index (χ4n) is 2.35. The Morgan fingerprint density at radius 3 is 2.26 bits per heavy atom. The van der Waals surface area contributed by atoms with Crippen LogP contribution in [0.5, 0.6) is 5.75 Å². The van der Waals surface area contributed by atoms with Crippen LogP contribution in [0.4, 0.5) is 13.2 Å². The molecule has 0 radical (unpaired) electrons. The molecule has 1 saturated heterocycles. The molecule has 1 aliphatic heterocycles. The van der Waals surface area contributed by atoms with Gasteiger partial charge in [-0.15, -0.1) is 0 Å². The quantitative estimate of drug-likeness (QED) is 0.910. The highest BCUT2D eigenvalue weighted by Gasteiger charge is 2.30. The third kappa shape index (κ3) is 3.86. The standard InChI is InChI=1S/C14H18F3NO/c1-10(11-6-8-18-9-7-11)19-13-4-2-12(3-5-13)14(15,16)17/h2-5,10-11,18H,6-9H2,1H3. The van der Waals surface area contributed by atoms with Crippen molar-refractivity contribution in [2.24, 2.45) is 5.92 Å². The molecule has 1 unspecified atom stereocenters. The summed E-state index contributed by atoms with van der Waals surface area (Å²) >= 11 is 0. The minimum absolute atomic E-state index is 0.0267. The van der Waals surface area contributed by atoms with Crippen LogP contribution in [0.1, 0.15) is 25.3 Å². The lowest BCUT2D eigenvalue weighted by Gasteiger charge is -2.28. The minimum atomic E-state index is -4.29. The van der Waals surface area contributed by atoms with Crippen molar-refractivity contribution in [1.82, 2.24) is 5.32 Å². The number of rotatable bonds is 3. The molecule has 0 spiro atoms. The smallest absolute Gasteiger partial charge is 0.416 e. The Balaban J connectivity index is 1.95. The molecule has 2 nitrogen and oxygen atoms in total. The van der Waals surface area contributed by atoms with Gasteiger partial charge in [-0.05, 0) is 63.0 Å². The van der Waals surface area contributed by atoms with Crippen LogP contribution in [-0.4, -0.2) is 19.2 Å². The summed E-state index contributed by atoms with van der Waals surface area (Å²) in [6, 6.07) is 4.90. The summed E-state index contributed by atoms with van der Waals surface area (Å²) in [5.74, 6) is 0.961. The number of halogens is 3. The van der Waals surface area contributed by atoms with E-state index >= 15 is 0 Å². The molecule has 0 bridgehead atoms. The van der Waals surface area contributed by atoms with Gasteiger partial charge in [0.2, 0.25) is 0 Å². The van der Waals surface area contributed by atoms with Crippen LogP contribution in [0.15, 0.2) is 24.3 Å². The summed E-state index contributed by atoms with van der Waals surface area (Å²) in [7, 11) is 0. The van der Waals surface area contributed by atoms with Gasteiger partial charge >= 0.3 is 6.18 Å². The maximum absolute atomic E-state index is 12.4. The van der Waals surface area contributed by atoms with E-state index < -0.39 is 11.7 Å². The number of hydrogen-bond acceptors (Lipinski definition) is 2. The highest BCUT2D eigenvalue weighted by Crippen LogP contribution is 2.31. The summed E-state index contributed by atoms with van der Waals surface area (Å²) in [6.07, 6.45) is -2.18. The molecule has 2 rings (SSSR count). The van der Waals surface area contributed by atoms with Crippen LogP contribution < -0.4 is 10.1 Å². The molecule has 19 heavy (non-hydrogen) atoms.